The highest BCUT2D eigenvalue weighted by atomic mass is 32.2. The average Bonchev–Trinajstić information content (AvgIpc) is 2.92. The predicted molar refractivity (Wildman–Crippen MR) is 95.1 cm³/mol. The molecule has 1 aliphatic rings. The lowest BCUT2D eigenvalue weighted by Gasteiger charge is -2.30. The van der Waals surface area contributed by atoms with Gasteiger partial charge in [0.05, 0.1) is 5.25 Å². The van der Waals surface area contributed by atoms with Gasteiger partial charge in [-0.15, -0.1) is 5.10 Å². The second-order valence-corrected chi connectivity index (χ2v) is 8.09. The standard InChI is InChI=1S/C17H25N5OS/c1-10-7-5-6-8-14(10)19-15(23)13(4)24-17-20-16-18-11(2)9-12(3)22(16)21-17/h9-10,13-14H,5-8H2,1-4H3,(H,19,23)/t10-,13+,14-/m0/s1. The summed E-state index contributed by atoms with van der Waals surface area (Å²) in [6, 6.07) is 2.27. The Balaban J connectivity index is 1.66. The van der Waals surface area contributed by atoms with Gasteiger partial charge in [-0.3, -0.25) is 4.79 Å². The van der Waals surface area contributed by atoms with E-state index in [1.54, 1.807) is 4.52 Å². The molecule has 0 unspecified atom stereocenters. The van der Waals surface area contributed by atoms with E-state index < -0.39 is 0 Å². The molecule has 0 aromatic carbocycles. The molecule has 0 spiro atoms. The fraction of sp³-hybridized carbons (Fsp3) is 0.647. The highest BCUT2D eigenvalue weighted by Crippen LogP contribution is 2.25. The Labute approximate surface area is 146 Å². The van der Waals surface area contributed by atoms with Crippen molar-refractivity contribution in [3.8, 4) is 0 Å². The zero-order valence-corrected chi connectivity index (χ0v) is 15.6. The van der Waals surface area contributed by atoms with Crippen molar-refractivity contribution in [2.24, 2.45) is 5.92 Å². The Kier molecular flexibility index (Phi) is 5.08. The molecule has 3 atom stereocenters. The summed E-state index contributed by atoms with van der Waals surface area (Å²) in [5.74, 6) is 1.21. The van der Waals surface area contributed by atoms with Crippen molar-refractivity contribution in [2.45, 2.75) is 69.8 Å². The fourth-order valence-electron chi connectivity index (χ4n) is 3.24. The summed E-state index contributed by atoms with van der Waals surface area (Å²) in [7, 11) is 0. The van der Waals surface area contributed by atoms with E-state index in [9.17, 15) is 4.79 Å². The van der Waals surface area contributed by atoms with Crippen LogP contribution in [0.2, 0.25) is 0 Å². The number of hydrogen-bond donors (Lipinski definition) is 1. The zero-order chi connectivity index (χ0) is 17.3. The van der Waals surface area contributed by atoms with Crippen LogP contribution in [-0.4, -0.2) is 36.8 Å². The van der Waals surface area contributed by atoms with Gasteiger partial charge in [-0.2, -0.15) is 4.98 Å². The average molecular weight is 347 g/mol. The van der Waals surface area contributed by atoms with Crippen LogP contribution in [0, 0.1) is 19.8 Å². The number of hydrogen-bond acceptors (Lipinski definition) is 5. The molecule has 0 bridgehead atoms. The molecule has 1 aliphatic carbocycles. The number of aromatic nitrogens is 4. The lowest BCUT2D eigenvalue weighted by atomic mass is 9.86. The first-order valence-electron chi connectivity index (χ1n) is 8.62. The molecule has 1 saturated carbocycles. The summed E-state index contributed by atoms with van der Waals surface area (Å²) in [6.45, 7) is 8.05. The number of nitrogens with one attached hydrogen (secondary N) is 1. The van der Waals surface area contributed by atoms with Crippen molar-refractivity contribution in [1.29, 1.82) is 0 Å². The van der Waals surface area contributed by atoms with Gasteiger partial charge >= 0.3 is 0 Å². The molecule has 7 heteroatoms. The molecule has 2 aromatic rings. The minimum absolute atomic E-state index is 0.0680. The van der Waals surface area contributed by atoms with Crippen LogP contribution in [0.1, 0.15) is 50.9 Å². The van der Waals surface area contributed by atoms with Crippen molar-refractivity contribution < 1.29 is 4.79 Å². The van der Waals surface area contributed by atoms with Crippen LogP contribution in [-0.2, 0) is 4.79 Å². The first-order valence-corrected chi connectivity index (χ1v) is 9.50. The zero-order valence-electron chi connectivity index (χ0n) is 14.7. The molecule has 1 fully saturated rings. The second kappa shape index (κ2) is 7.09. The van der Waals surface area contributed by atoms with Crippen LogP contribution in [0.5, 0.6) is 0 Å². The quantitative estimate of drug-likeness (QED) is 0.861. The van der Waals surface area contributed by atoms with Gasteiger partial charge in [0.1, 0.15) is 0 Å². The minimum Gasteiger partial charge on any atom is -0.352 e. The molecule has 0 aliphatic heterocycles. The Morgan fingerprint density at radius 1 is 1.33 bits per heavy atom. The lowest BCUT2D eigenvalue weighted by molar-refractivity contribution is -0.121. The van der Waals surface area contributed by atoms with Gasteiger partial charge in [0.15, 0.2) is 0 Å². The largest absolute Gasteiger partial charge is 0.352 e. The van der Waals surface area contributed by atoms with Gasteiger partial charge in [0, 0.05) is 17.4 Å². The third kappa shape index (κ3) is 3.71. The molecule has 3 rings (SSSR count). The van der Waals surface area contributed by atoms with Crippen LogP contribution < -0.4 is 5.32 Å². The summed E-state index contributed by atoms with van der Waals surface area (Å²) in [5.41, 5.74) is 1.91. The number of carbonyl (C=O) groups is 1. The lowest BCUT2D eigenvalue weighted by Crippen LogP contribution is -2.44. The van der Waals surface area contributed by atoms with Crippen molar-refractivity contribution in [1.82, 2.24) is 24.9 Å². The number of fused-ring (bicyclic) bond motifs is 1. The Morgan fingerprint density at radius 2 is 2.08 bits per heavy atom. The summed E-state index contributed by atoms with van der Waals surface area (Å²) in [5, 5.41) is 8.04. The first kappa shape index (κ1) is 17.2. The number of carbonyl (C=O) groups excluding carboxylic acids is 1. The summed E-state index contributed by atoms with van der Waals surface area (Å²) < 4.78 is 1.73. The van der Waals surface area contributed by atoms with Gasteiger partial charge in [0.25, 0.3) is 5.78 Å². The Hall–Kier alpha value is -1.63. The van der Waals surface area contributed by atoms with E-state index in [4.69, 9.17) is 0 Å². The van der Waals surface area contributed by atoms with Crippen molar-refractivity contribution in [3.63, 3.8) is 0 Å². The van der Waals surface area contributed by atoms with Crippen LogP contribution in [0.4, 0.5) is 0 Å². The van der Waals surface area contributed by atoms with E-state index in [1.807, 2.05) is 26.8 Å². The highest BCUT2D eigenvalue weighted by Gasteiger charge is 2.26. The maximum atomic E-state index is 12.5. The highest BCUT2D eigenvalue weighted by molar-refractivity contribution is 8.00. The van der Waals surface area contributed by atoms with Gasteiger partial charge in [-0.25, -0.2) is 9.50 Å². The molecule has 24 heavy (non-hydrogen) atoms. The van der Waals surface area contributed by atoms with E-state index in [1.165, 1.54) is 31.0 Å². The molecule has 1 amide bonds. The molecule has 1 N–H and O–H groups in total. The van der Waals surface area contributed by atoms with Crippen molar-refractivity contribution in [3.05, 3.63) is 17.5 Å². The van der Waals surface area contributed by atoms with Crippen molar-refractivity contribution in [2.75, 3.05) is 0 Å². The second-order valence-electron chi connectivity index (χ2n) is 6.78. The minimum atomic E-state index is -0.224. The van der Waals surface area contributed by atoms with E-state index in [2.05, 4.69) is 27.3 Å². The third-order valence-corrected chi connectivity index (χ3v) is 5.64. The maximum absolute atomic E-state index is 12.5. The number of rotatable bonds is 4. The Morgan fingerprint density at radius 3 is 2.83 bits per heavy atom. The van der Waals surface area contributed by atoms with Gasteiger partial charge in [0.2, 0.25) is 11.1 Å². The SMILES string of the molecule is Cc1cc(C)n2nc(S[C@H](C)C(=O)N[C@H]3CCCC[C@@H]3C)nc2n1. The van der Waals surface area contributed by atoms with Crippen LogP contribution >= 0.6 is 11.8 Å². The molecule has 2 aromatic heterocycles. The maximum Gasteiger partial charge on any atom is 0.253 e. The van der Waals surface area contributed by atoms with Crippen LogP contribution in [0.25, 0.3) is 5.78 Å². The van der Waals surface area contributed by atoms with Gasteiger partial charge in [-0.05, 0) is 45.6 Å². The molecule has 6 nitrogen and oxygen atoms in total. The molecule has 0 saturated heterocycles. The molecule has 0 radical (unpaired) electrons. The fourth-order valence-corrected chi connectivity index (χ4v) is 3.99. The molecule has 2 heterocycles. The molecule has 130 valence electrons. The number of aryl methyl sites for hydroxylation is 2. The number of nitrogens with zero attached hydrogens (tertiary/aromatic N) is 4. The van der Waals surface area contributed by atoms with Crippen molar-refractivity contribution >= 4 is 23.4 Å². The number of thioether (sulfide) groups is 1. The Bertz CT molecular complexity index is 744. The molecular weight excluding hydrogens is 322 g/mol. The number of amides is 1. The topological polar surface area (TPSA) is 72.2 Å². The van der Waals surface area contributed by atoms with E-state index in [0.717, 1.165) is 17.8 Å². The summed E-state index contributed by atoms with van der Waals surface area (Å²) >= 11 is 1.39. The first-order chi connectivity index (χ1) is 11.4. The molecular formula is C17H25N5OS. The van der Waals surface area contributed by atoms with E-state index in [-0.39, 0.29) is 11.2 Å². The van der Waals surface area contributed by atoms with E-state index in [0.29, 0.717) is 22.9 Å². The normalized spacial score (nSPS) is 22.5. The summed E-state index contributed by atoms with van der Waals surface area (Å²) in [6.07, 6.45) is 4.76. The third-order valence-electron chi connectivity index (χ3n) is 4.69. The predicted octanol–water partition coefficient (Wildman–Crippen LogP) is 2.92. The monoisotopic (exact) mass is 347 g/mol. The smallest absolute Gasteiger partial charge is 0.253 e. The van der Waals surface area contributed by atoms with Gasteiger partial charge in [-0.1, -0.05) is 31.5 Å². The van der Waals surface area contributed by atoms with Crippen LogP contribution in [0.3, 0.4) is 0 Å². The van der Waals surface area contributed by atoms with Crippen LogP contribution in [0.15, 0.2) is 11.2 Å². The summed E-state index contributed by atoms with van der Waals surface area (Å²) in [4.78, 5) is 21.3. The van der Waals surface area contributed by atoms with Gasteiger partial charge < -0.3 is 5.32 Å². The van der Waals surface area contributed by atoms with E-state index >= 15 is 0 Å².